The second kappa shape index (κ2) is 7.97. The van der Waals surface area contributed by atoms with Crippen LogP contribution in [0.1, 0.15) is 10.4 Å². The number of anilines is 1. The van der Waals surface area contributed by atoms with Crippen LogP contribution in [0.5, 0.6) is 5.75 Å². The van der Waals surface area contributed by atoms with Crippen molar-refractivity contribution in [3.8, 4) is 16.9 Å². The predicted octanol–water partition coefficient (Wildman–Crippen LogP) is 5.17. The van der Waals surface area contributed by atoms with E-state index in [0.29, 0.717) is 5.56 Å². The minimum absolute atomic E-state index is 0.0411. The van der Waals surface area contributed by atoms with Gasteiger partial charge in [0.05, 0.1) is 7.11 Å². The minimum Gasteiger partial charge on any atom is -0.497 e. The highest BCUT2D eigenvalue weighted by Crippen LogP contribution is 2.19. The third-order valence-corrected chi connectivity index (χ3v) is 3.85. The molecule has 0 radical (unpaired) electrons. The summed E-state index contributed by atoms with van der Waals surface area (Å²) in [6.45, 7) is 0. The number of benzene rings is 3. The summed E-state index contributed by atoms with van der Waals surface area (Å²) in [5.74, 6) is 0.754. The second-order valence-corrected chi connectivity index (χ2v) is 5.51. The smallest absolute Gasteiger partial charge is 0.187 e. The molecule has 3 aromatic rings. The Hall–Kier alpha value is -3.33. The topological polar surface area (TPSA) is 38.3 Å². The predicted molar refractivity (Wildman–Crippen MR) is 102 cm³/mol. The standard InChI is InChI=1S/C22H19NO2/c1-25-21-13-11-20(12-14-21)23-16-15-22(24)19-9-7-18(8-10-19)17-5-3-2-4-6-17/h2-16,23H,1H3/b16-15-. The van der Waals surface area contributed by atoms with Gasteiger partial charge in [-0.15, -0.1) is 0 Å². The third kappa shape index (κ3) is 4.36. The first-order valence-corrected chi connectivity index (χ1v) is 8.03. The number of hydrogen-bond acceptors (Lipinski definition) is 3. The molecule has 0 aliphatic carbocycles. The molecule has 0 spiro atoms. The third-order valence-electron chi connectivity index (χ3n) is 3.85. The Balaban J connectivity index is 1.62. The number of rotatable bonds is 6. The van der Waals surface area contributed by atoms with Crippen molar-refractivity contribution in [1.82, 2.24) is 0 Å². The summed E-state index contributed by atoms with van der Waals surface area (Å²) in [7, 11) is 1.63. The molecular formula is C22H19NO2. The average Bonchev–Trinajstić information content (AvgIpc) is 2.69. The Labute approximate surface area is 147 Å². The fraction of sp³-hybridized carbons (Fsp3) is 0.0455. The molecule has 0 saturated heterocycles. The van der Waals surface area contributed by atoms with E-state index < -0.39 is 0 Å². The maximum absolute atomic E-state index is 12.2. The molecule has 0 saturated carbocycles. The summed E-state index contributed by atoms with van der Waals surface area (Å²) in [4.78, 5) is 12.2. The first kappa shape index (κ1) is 16.5. The Morgan fingerprint density at radius 3 is 2.12 bits per heavy atom. The number of ketones is 1. The maximum atomic E-state index is 12.2. The van der Waals surface area contributed by atoms with Crippen molar-refractivity contribution < 1.29 is 9.53 Å². The SMILES string of the molecule is COc1ccc(N/C=C\C(=O)c2ccc(-c3ccccc3)cc2)cc1. The van der Waals surface area contributed by atoms with Crippen molar-refractivity contribution in [3.63, 3.8) is 0 Å². The van der Waals surface area contributed by atoms with Gasteiger partial charge in [0.2, 0.25) is 0 Å². The molecule has 0 bridgehead atoms. The Morgan fingerprint density at radius 1 is 0.840 bits per heavy atom. The van der Waals surface area contributed by atoms with Crippen molar-refractivity contribution in [2.24, 2.45) is 0 Å². The Morgan fingerprint density at radius 2 is 1.48 bits per heavy atom. The van der Waals surface area contributed by atoms with E-state index in [9.17, 15) is 4.79 Å². The van der Waals surface area contributed by atoms with Crippen LogP contribution in [-0.2, 0) is 0 Å². The molecule has 0 aromatic heterocycles. The van der Waals surface area contributed by atoms with Gasteiger partial charge in [-0.25, -0.2) is 0 Å². The zero-order valence-electron chi connectivity index (χ0n) is 14.0. The molecule has 0 heterocycles. The molecule has 124 valence electrons. The number of nitrogens with one attached hydrogen (secondary N) is 1. The first-order chi connectivity index (χ1) is 12.3. The van der Waals surface area contributed by atoms with Crippen LogP contribution in [0.25, 0.3) is 11.1 Å². The van der Waals surface area contributed by atoms with Crippen LogP contribution in [0.2, 0.25) is 0 Å². The average molecular weight is 329 g/mol. The lowest BCUT2D eigenvalue weighted by Crippen LogP contribution is -1.96. The van der Waals surface area contributed by atoms with E-state index in [-0.39, 0.29) is 5.78 Å². The van der Waals surface area contributed by atoms with E-state index in [4.69, 9.17) is 4.74 Å². The molecule has 3 nitrogen and oxygen atoms in total. The number of hydrogen-bond donors (Lipinski definition) is 1. The quantitative estimate of drug-likeness (QED) is 0.501. The van der Waals surface area contributed by atoms with E-state index in [0.717, 1.165) is 22.6 Å². The highest BCUT2D eigenvalue weighted by molar-refractivity contribution is 6.04. The summed E-state index contributed by atoms with van der Waals surface area (Å²) in [6, 6.07) is 25.2. The van der Waals surface area contributed by atoms with E-state index in [1.165, 1.54) is 6.08 Å². The van der Waals surface area contributed by atoms with E-state index >= 15 is 0 Å². The summed E-state index contributed by atoms with van der Waals surface area (Å²) in [5.41, 5.74) is 3.78. The second-order valence-electron chi connectivity index (χ2n) is 5.51. The Kier molecular flexibility index (Phi) is 5.27. The summed E-state index contributed by atoms with van der Waals surface area (Å²) in [5, 5.41) is 3.08. The van der Waals surface area contributed by atoms with Gasteiger partial charge >= 0.3 is 0 Å². The number of allylic oxidation sites excluding steroid dienone is 1. The van der Waals surface area contributed by atoms with Gasteiger partial charge in [-0.05, 0) is 35.4 Å². The van der Waals surface area contributed by atoms with Crippen molar-refractivity contribution >= 4 is 11.5 Å². The van der Waals surface area contributed by atoms with Gasteiger partial charge in [0.15, 0.2) is 5.78 Å². The maximum Gasteiger partial charge on any atom is 0.187 e. The van der Waals surface area contributed by atoms with Crippen molar-refractivity contribution in [2.75, 3.05) is 12.4 Å². The van der Waals surface area contributed by atoms with Crippen molar-refractivity contribution in [2.45, 2.75) is 0 Å². The lowest BCUT2D eigenvalue weighted by Gasteiger charge is -2.03. The first-order valence-electron chi connectivity index (χ1n) is 8.03. The Bertz CT molecular complexity index is 851. The van der Waals surface area contributed by atoms with E-state index in [1.807, 2.05) is 66.7 Å². The monoisotopic (exact) mass is 329 g/mol. The molecular weight excluding hydrogens is 310 g/mol. The lowest BCUT2D eigenvalue weighted by atomic mass is 10.0. The number of carbonyl (C=O) groups is 1. The minimum atomic E-state index is -0.0411. The van der Waals surface area contributed by atoms with Crippen molar-refractivity contribution in [1.29, 1.82) is 0 Å². The van der Waals surface area contributed by atoms with Gasteiger partial charge in [0.25, 0.3) is 0 Å². The largest absolute Gasteiger partial charge is 0.497 e. The normalized spacial score (nSPS) is 10.6. The van der Waals surface area contributed by atoms with Gasteiger partial charge in [-0.3, -0.25) is 4.79 Å². The molecule has 0 amide bonds. The molecule has 0 aliphatic rings. The molecule has 0 unspecified atom stereocenters. The van der Waals surface area contributed by atoms with Crippen LogP contribution in [0, 0.1) is 0 Å². The molecule has 0 aliphatic heterocycles. The molecule has 1 N–H and O–H groups in total. The van der Waals surface area contributed by atoms with Crippen LogP contribution < -0.4 is 10.1 Å². The zero-order valence-corrected chi connectivity index (χ0v) is 14.0. The molecule has 25 heavy (non-hydrogen) atoms. The summed E-state index contributed by atoms with van der Waals surface area (Å²) >= 11 is 0. The highest BCUT2D eigenvalue weighted by atomic mass is 16.5. The summed E-state index contributed by atoms with van der Waals surface area (Å²) < 4.78 is 5.11. The van der Waals surface area contributed by atoms with Crippen LogP contribution in [0.4, 0.5) is 5.69 Å². The fourth-order valence-corrected chi connectivity index (χ4v) is 2.45. The zero-order chi connectivity index (χ0) is 17.5. The van der Waals surface area contributed by atoms with Gasteiger partial charge in [-0.2, -0.15) is 0 Å². The molecule has 0 atom stereocenters. The van der Waals surface area contributed by atoms with Gasteiger partial charge in [-0.1, -0.05) is 54.6 Å². The number of carbonyl (C=O) groups excluding carboxylic acids is 1. The fourth-order valence-electron chi connectivity index (χ4n) is 2.45. The number of methoxy groups -OCH3 is 1. The van der Waals surface area contributed by atoms with Crippen molar-refractivity contribution in [3.05, 3.63) is 96.7 Å². The lowest BCUT2D eigenvalue weighted by molar-refractivity contribution is 0.104. The van der Waals surface area contributed by atoms with E-state index in [2.05, 4.69) is 17.4 Å². The molecule has 0 fully saturated rings. The highest BCUT2D eigenvalue weighted by Gasteiger charge is 2.02. The molecule has 3 heteroatoms. The van der Waals surface area contributed by atoms with Gasteiger partial charge in [0.1, 0.15) is 5.75 Å². The summed E-state index contributed by atoms with van der Waals surface area (Å²) in [6.07, 6.45) is 3.18. The van der Waals surface area contributed by atoms with Crippen LogP contribution in [0.15, 0.2) is 91.1 Å². The number of ether oxygens (including phenoxy) is 1. The molecule has 3 rings (SSSR count). The van der Waals surface area contributed by atoms with Crippen LogP contribution >= 0.6 is 0 Å². The van der Waals surface area contributed by atoms with Gasteiger partial charge in [0, 0.05) is 23.5 Å². The van der Waals surface area contributed by atoms with E-state index in [1.54, 1.807) is 13.3 Å². The molecule has 3 aromatic carbocycles. The van der Waals surface area contributed by atoms with Crippen LogP contribution in [0.3, 0.4) is 0 Å². The van der Waals surface area contributed by atoms with Crippen LogP contribution in [-0.4, -0.2) is 12.9 Å². The van der Waals surface area contributed by atoms with Gasteiger partial charge < -0.3 is 10.1 Å².